The number of benzene rings is 2. The number of hydrogen-bond acceptors (Lipinski definition) is 8. The van der Waals surface area contributed by atoms with Crippen LogP contribution in [0.2, 0.25) is 0 Å². The lowest BCUT2D eigenvalue weighted by Gasteiger charge is -2.22. The van der Waals surface area contributed by atoms with Gasteiger partial charge in [-0.2, -0.15) is 4.31 Å². The first-order valence-corrected chi connectivity index (χ1v) is 11.1. The Hall–Kier alpha value is -3.24. The van der Waals surface area contributed by atoms with E-state index < -0.39 is 16.0 Å². The predicted molar refractivity (Wildman–Crippen MR) is 117 cm³/mol. The summed E-state index contributed by atoms with van der Waals surface area (Å²) < 4.78 is 54.4. The zero-order valence-corrected chi connectivity index (χ0v) is 19.1. The highest BCUT2D eigenvalue weighted by Gasteiger charge is 2.28. The van der Waals surface area contributed by atoms with Gasteiger partial charge in [0.2, 0.25) is 10.0 Å². The Morgan fingerprint density at radius 3 is 2.44 bits per heavy atom. The predicted octanol–water partition coefficient (Wildman–Crippen LogP) is 2.48. The lowest BCUT2D eigenvalue weighted by Crippen LogP contribution is -2.27. The first-order valence-electron chi connectivity index (χ1n) is 9.67. The Balaban J connectivity index is 1.96. The smallest absolute Gasteiger partial charge is 0.330 e. The third kappa shape index (κ3) is 4.97. The standard InChI is InChI=1S/C22H25NO8S/c1-23(14-16-5-7-17-18(12-16)31-10-9-30-17)32(25,26)20-13-15(6-8-21(24)28-3)11-19(27-2)22(20)29-4/h5-8,11-13H,9-10,14H2,1-4H3/b8-6+. The van der Waals surface area contributed by atoms with E-state index in [1.54, 1.807) is 24.3 Å². The van der Waals surface area contributed by atoms with Crippen LogP contribution in [0, 0.1) is 0 Å². The number of rotatable bonds is 8. The third-order valence-electron chi connectivity index (χ3n) is 4.78. The van der Waals surface area contributed by atoms with Gasteiger partial charge in [-0.05, 0) is 41.5 Å². The molecular weight excluding hydrogens is 438 g/mol. The second-order valence-electron chi connectivity index (χ2n) is 6.85. The number of carbonyl (C=O) groups excluding carboxylic acids is 1. The molecule has 32 heavy (non-hydrogen) atoms. The highest BCUT2D eigenvalue weighted by Crippen LogP contribution is 2.38. The molecule has 1 aliphatic rings. The lowest BCUT2D eigenvalue weighted by molar-refractivity contribution is -0.134. The molecule has 0 fully saturated rings. The zero-order chi connectivity index (χ0) is 23.3. The van der Waals surface area contributed by atoms with E-state index in [0.717, 1.165) is 5.56 Å². The van der Waals surface area contributed by atoms with Crippen LogP contribution in [0.4, 0.5) is 0 Å². The summed E-state index contributed by atoms with van der Waals surface area (Å²) in [6.07, 6.45) is 2.63. The molecule has 0 atom stereocenters. The molecule has 3 rings (SSSR count). The molecule has 172 valence electrons. The first-order chi connectivity index (χ1) is 15.3. The van der Waals surface area contributed by atoms with Gasteiger partial charge in [0, 0.05) is 19.7 Å². The second-order valence-corrected chi connectivity index (χ2v) is 8.86. The maximum absolute atomic E-state index is 13.4. The van der Waals surface area contributed by atoms with E-state index >= 15 is 0 Å². The highest BCUT2D eigenvalue weighted by molar-refractivity contribution is 7.89. The van der Waals surface area contributed by atoms with Crippen LogP contribution in [0.1, 0.15) is 11.1 Å². The molecule has 0 aliphatic carbocycles. The molecule has 0 spiro atoms. The van der Waals surface area contributed by atoms with Crippen molar-refractivity contribution in [3.05, 3.63) is 47.5 Å². The number of esters is 1. The van der Waals surface area contributed by atoms with Gasteiger partial charge in [0.05, 0.1) is 21.3 Å². The average Bonchev–Trinajstić information content (AvgIpc) is 2.81. The van der Waals surface area contributed by atoms with E-state index in [4.69, 9.17) is 18.9 Å². The summed E-state index contributed by atoms with van der Waals surface area (Å²) in [6, 6.07) is 8.28. The number of fused-ring (bicyclic) bond motifs is 1. The summed E-state index contributed by atoms with van der Waals surface area (Å²) in [6.45, 7) is 1.00. The fourth-order valence-corrected chi connectivity index (χ4v) is 4.52. The van der Waals surface area contributed by atoms with Gasteiger partial charge in [-0.3, -0.25) is 0 Å². The van der Waals surface area contributed by atoms with Crippen molar-refractivity contribution in [2.24, 2.45) is 0 Å². The minimum atomic E-state index is -3.99. The molecule has 9 nitrogen and oxygen atoms in total. The molecule has 2 aromatic rings. The van der Waals surface area contributed by atoms with Crippen LogP contribution in [0.25, 0.3) is 6.08 Å². The Labute approximate surface area is 187 Å². The Bertz CT molecular complexity index is 1130. The van der Waals surface area contributed by atoms with Crippen molar-refractivity contribution in [1.82, 2.24) is 4.31 Å². The van der Waals surface area contributed by atoms with E-state index in [1.165, 1.54) is 50.9 Å². The van der Waals surface area contributed by atoms with Gasteiger partial charge in [0.25, 0.3) is 0 Å². The second kappa shape index (κ2) is 9.92. The Morgan fingerprint density at radius 1 is 1.06 bits per heavy atom. The summed E-state index contributed by atoms with van der Waals surface area (Å²) in [5.41, 5.74) is 1.16. The van der Waals surface area contributed by atoms with Crippen molar-refractivity contribution in [3.8, 4) is 23.0 Å². The maximum Gasteiger partial charge on any atom is 0.330 e. The van der Waals surface area contributed by atoms with Crippen LogP contribution >= 0.6 is 0 Å². The number of nitrogens with zero attached hydrogens (tertiary/aromatic N) is 1. The van der Waals surface area contributed by atoms with Crippen molar-refractivity contribution < 1.29 is 36.9 Å². The van der Waals surface area contributed by atoms with Crippen LogP contribution < -0.4 is 18.9 Å². The van der Waals surface area contributed by atoms with Crippen LogP contribution in [-0.2, 0) is 26.1 Å². The number of ether oxygens (including phenoxy) is 5. The summed E-state index contributed by atoms with van der Waals surface area (Å²) in [7, 11) is 1.49. The van der Waals surface area contributed by atoms with E-state index in [-0.39, 0.29) is 22.9 Å². The van der Waals surface area contributed by atoms with Crippen LogP contribution in [-0.4, -0.2) is 60.3 Å². The molecule has 0 unspecified atom stereocenters. The molecule has 0 amide bonds. The summed E-state index contributed by atoms with van der Waals surface area (Å²) in [5.74, 6) is 0.915. The molecule has 10 heteroatoms. The molecule has 0 saturated heterocycles. The van der Waals surface area contributed by atoms with E-state index in [2.05, 4.69) is 4.74 Å². The van der Waals surface area contributed by atoms with Crippen molar-refractivity contribution in [2.45, 2.75) is 11.4 Å². The molecule has 0 aromatic heterocycles. The van der Waals surface area contributed by atoms with E-state index in [9.17, 15) is 13.2 Å². The number of sulfonamides is 1. The van der Waals surface area contributed by atoms with Gasteiger partial charge in [-0.25, -0.2) is 13.2 Å². The van der Waals surface area contributed by atoms with Gasteiger partial charge in [0.15, 0.2) is 23.0 Å². The van der Waals surface area contributed by atoms with Crippen LogP contribution in [0.3, 0.4) is 0 Å². The van der Waals surface area contributed by atoms with Gasteiger partial charge in [-0.15, -0.1) is 0 Å². The van der Waals surface area contributed by atoms with Gasteiger partial charge in [-0.1, -0.05) is 6.07 Å². The molecule has 0 N–H and O–H groups in total. The highest BCUT2D eigenvalue weighted by atomic mass is 32.2. The van der Waals surface area contributed by atoms with Gasteiger partial charge < -0.3 is 23.7 Å². The summed E-state index contributed by atoms with van der Waals surface area (Å²) >= 11 is 0. The van der Waals surface area contributed by atoms with E-state index in [0.29, 0.717) is 30.3 Å². The molecule has 0 bridgehead atoms. The quantitative estimate of drug-likeness (QED) is 0.435. The Morgan fingerprint density at radius 2 is 1.78 bits per heavy atom. The normalized spacial score (nSPS) is 13.3. The molecular formula is C22H25NO8S. The largest absolute Gasteiger partial charge is 0.493 e. The molecule has 0 radical (unpaired) electrons. The number of hydrogen-bond donors (Lipinski definition) is 0. The van der Waals surface area contributed by atoms with Gasteiger partial charge >= 0.3 is 5.97 Å². The lowest BCUT2D eigenvalue weighted by atomic mass is 10.2. The van der Waals surface area contributed by atoms with Crippen molar-refractivity contribution in [1.29, 1.82) is 0 Å². The minimum Gasteiger partial charge on any atom is -0.493 e. The minimum absolute atomic E-state index is 0.0664. The van der Waals surface area contributed by atoms with E-state index in [1.807, 2.05) is 0 Å². The number of carbonyl (C=O) groups is 1. The molecule has 1 aliphatic heterocycles. The van der Waals surface area contributed by atoms with Gasteiger partial charge in [0.1, 0.15) is 18.1 Å². The topological polar surface area (TPSA) is 101 Å². The third-order valence-corrected chi connectivity index (χ3v) is 6.59. The zero-order valence-electron chi connectivity index (χ0n) is 18.3. The van der Waals surface area contributed by atoms with Crippen LogP contribution in [0.15, 0.2) is 41.3 Å². The molecule has 0 saturated carbocycles. The molecule has 2 aromatic carbocycles. The van der Waals surface area contributed by atoms with Crippen molar-refractivity contribution in [3.63, 3.8) is 0 Å². The Kier molecular flexibility index (Phi) is 7.26. The monoisotopic (exact) mass is 463 g/mol. The SMILES string of the molecule is COC(=O)/C=C/c1cc(OC)c(OC)c(S(=O)(=O)N(C)Cc2ccc3c(c2)OCCO3)c1. The molecule has 1 heterocycles. The summed E-state index contributed by atoms with van der Waals surface area (Å²) in [5, 5.41) is 0. The number of methoxy groups -OCH3 is 3. The van der Waals surface area contributed by atoms with Crippen molar-refractivity contribution >= 4 is 22.1 Å². The first kappa shape index (κ1) is 23.4. The summed E-state index contributed by atoms with van der Waals surface area (Å²) in [4.78, 5) is 11.4. The van der Waals surface area contributed by atoms with Crippen LogP contribution in [0.5, 0.6) is 23.0 Å². The average molecular weight is 464 g/mol. The van der Waals surface area contributed by atoms with Crippen molar-refractivity contribution in [2.75, 3.05) is 41.6 Å². The fraction of sp³-hybridized carbons (Fsp3) is 0.318. The fourth-order valence-electron chi connectivity index (χ4n) is 3.17. The maximum atomic E-state index is 13.4.